The molecule has 0 radical (unpaired) electrons. The molecule has 0 saturated carbocycles. The summed E-state index contributed by atoms with van der Waals surface area (Å²) in [4.78, 5) is 6.71. The summed E-state index contributed by atoms with van der Waals surface area (Å²) in [5, 5.41) is 4.15. The van der Waals surface area contributed by atoms with Crippen molar-refractivity contribution in [1.29, 1.82) is 0 Å². The molecule has 2 rings (SSSR count). The Hall–Kier alpha value is -0.670. The number of aromatic nitrogens is 1. The molecule has 3 nitrogen and oxygen atoms in total. The van der Waals surface area contributed by atoms with Gasteiger partial charge in [-0.25, -0.2) is 4.98 Å². The van der Waals surface area contributed by atoms with Crippen LogP contribution in [0.1, 0.15) is 19.8 Å². The Morgan fingerprint density at radius 2 is 2.19 bits per heavy atom. The van der Waals surface area contributed by atoms with Crippen LogP contribution in [0.15, 0.2) is 6.07 Å². The molecular formula is C11H15Cl2N3. The summed E-state index contributed by atoms with van der Waals surface area (Å²) in [6, 6.07) is 2.25. The first-order valence-corrected chi connectivity index (χ1v) is 6.19. The van der Waals surface area contributed by atoms with Crippen LogP contribution in [0.3, 0.4) is 0 Å². The minimum atomic E-state index is 0.496. The monoisotopic (exact) mass is 259 g/mol. The summed E-state index contributed by atoms with van der Waals surface area (Å²) in [5.74, 6) is 1.51. The molecule has 1 N–H and O–H groups in total. The highest BCUT2D eigenvalue weighted by Crippen LogP contribution is 2.34. The molecule has 2 heterocycles. The van der Waals surface area contributed by atoms with Gasteiger partial charge in [-0.15, -0.1) is 0 Å². The van der Waals surface area contributed by atoms with Crippen LogP contribution in [0.2, 0.25) is 10.0 Å². The number of pyridine rings is 1. The first-order valence-electron chi connectivity index (χ1n) is 5.44. The average molecular weight is 260 g/mol. The van der Waals surface area contributed by atoms with Crippen molar-refractivity contribution in [2.75, 3.05) is 23.8 Å². The Kier molecular flexibility index (Phi) is 3.45. The largest absolute Gasteiger partial charge is 0.372 e. The van der Waals surface area contributed by atoms with Gasteiger partial charge >= 0.3 is 0 Å². The van der Waals surface area contributed by atoms with Crippen LogP contribution in [0, 0.1) is 0 Å². The third-order valence-electron chi connectivity index (χ3n) is 2.97. The second kappa shape index (κ2) is 4.68. The Balaban J connectivity index is 2.39. The van der Waals surface area contributed by atoms with E-state index in [1.54, 1.807) is 13.1 Å². The van der Waals surface area contributed by atoms with E-state index in [0.29, 0.717) is 21.9 Å². The molecule has 1 aromatic heterocycles. The zero-order chi connectivity index (χ0) is 11.7. The van der Waals surface area contributed by atoms with Crippen LogP contribution in [-0.2, 0) is 0 Å². The minimum absolute atomic E-state index is 0.496. The van der Waals surface area contributed by atoms with E-state index < -0.39 is 0 Å². The highest BCUT2D eigenvalue weighted by molar-refractivity contribution is 6.37. The molecule has 88 valence electrons. The number of halogens is 2. The lowest BCUT2D eigenvalue weighted by atomic mass is 10.2. The fourth-order valence-corrected chi connectivity index (χ4v) is 2.64. The molecule has 0 spiro atoms. The number of rotatable bonds is 2. The van der Waals surface area contributed by atoms with Crippen molar-refractivity contribution < 1.29 is 0 Å². The highest BCUT2D eigenvalue weighted by atomic mass is 35.5. The predicted molar refractivity (Wildman–Crippen MR) is 69.8 cm³/mol. The summed E-state index contributed by atoms with van der Waals surface area (Å²) in [7, 11) is 1.80. The summed E-state index contributed by atoms with van der Waals surface area (Å²) >= 11 is 12.2. The van der Waals surface area contributed by atoms with E-state index in [0.717, 1.165) is 12.4 Å². The maximum absolute atomic E-state index is 6.19. The molecule has 0 aromatic carbocycles. The molecule has 1 aliphatic rings. The highest BCUT2D eigenvalue weighted by Gasteiger charge is 2.24. The van der Waals surface area contributed by atoms with Gasteiger partial charge in [0.2, 0.25) is 0 Å². The molecule has 0 aliphatic carbocycles. The summed E-state index contributed by atoms with van der Waals surface area (Å²) in [5.41, 5.74) is 0. The molecule has 1 aromatic rings. The lowest BCUT2D eigenvalue weighted by molar-refractivity contribution is 0.727. The number of nitrogens with one attached hydrogen (secondary N) is 1. The van der Waals surface area contributed by atoms with Crippen molar-refractivity contribution in [2.45, 2.75) is 25.8 Å². The van der Waals surface area contributed by atoms with Crippen LogP contribution in [0.25, 0.3) is 0 Å². The summed E-state index contributed by atoms with van der Waals surface area (Å²) < 4.78 is 0. The van der Waals surface area contributed by atoms with Crippen molar-refractivity contribution in [3.63, 3.8) is 0 Å². The van der Waals surface area contributed by atoms with E-state index >= 15 is 0 Å². The number of hydrogen-bond donors (Lipinski definition) is 1. The minimum Gasteiger partial charge on any atom is -0.372 e. The van der Waals surface area contributed by atoms with Crippen LogP contribution >= 0.6 is 23.2 Å². The van der Waals surface area contributed by atoms with Crippen LogP contribution in [-0.4, -0.2) is 24.6 Å². The quantitative estimate of drug-likeness (QED) is 0.883. The van der Waals surface area contributed by atoms with Gasteiger partial charge in [-0.2, -0.15) is 0 Å². The van der Waals surface area contributed by atoms with E-state index in [1.165, 1.54) is 12.8 Å². The third kappa shape index (κ3) is 2.06. The number of anilines is 2. The van der Waals surface area contributed by atoms with E-state index in [2.05, 4.69) is 22.1 Å². The average Bonchev–Trinajstić information content (AvgIpc) is 2.65. The van der Waals surface area contributed by atoms with Gasteiger partial charge in [-0.3, -0.25) is 0 Å². The zero-order valence-corrected chi connectivity index (χ0v) is 10.9. The molecule has 1 atom stereocenters. The summed E-state index contributed by atoms with van der Waals surface area (Å²) in [6.45, 7) is 3.21. The molecule has 5 heteroatoms. The fourth-order valence-electron chi connectivity index (χ4n) is 2.08. The second-order valence-corrected chi connectivity index (χ2v) is 4.87. The van der Waals surface area contributed by atoms with Crippen molar-refractivity contribution in [1.82, 2.24) is 4.98 Å². The number of nitrogens with zero attached hydrogens (tertiary/aromatic N) is 2. The van der Waals surface area contributed by atoms with Gasteiger partial charge in [0.05, 0.1) is 10.0 Å². The topological polar surface area (TPSA) is 28.2 Å². The normalized spacial score (nSPS) is 20.2. The maximum Gasteiger partial charge on any atom is 0.150 e. The Labute approximate surface area is 106 Å². The smallest absolute Gasteiger partial charge is 0.150 e. The Morgan fingerprint density at radius 1 is 1.44 bits per heavy atom. The molecule has 1 saturated heterocycles. The van der Waals surface area contributed by atoms with Gasteiger partial charge in [0, 0.05) is 19.6 Å². The van der Waals surface area contributed by atoms with E-state index in [9.17, 15) is 0 Å². The first-order chi connectivity index (χ1) is 7.63. The molecule has 1 aliphatic heterocycles. The van der Waals surface area contributed by atoms with Crippen molar-refractivity contribution in [3.8, 4) is 0 Å². The Morgan fingerprint density at radius 3 is 2.75 bits per heavy atom. The van der Waals surface area contributed by atoms with Crippen molar-refractivity contribution in [2.24, 2.45) is 0 Å². The van der Waals surface area contributed by atoms with Crippen LogP contribution in [0.5, 0.6) is 0 Å². The van der Waals surface area contributed by atoms with E-state index in [4.69, 9.17) is 23.2 Å². The molecular weight excluding hydrogens is 245 g/mol. The van der Waals surface area contributed by atoms with E-state index in [1.807, 2.05) is 0 Å². The van der Waals surface area contributed by atoms with Crippen molar-refractivity contribution in [3.05, 3.63) is 16.1 Å². The van der Waals surface area contributed by atoms with Gasteiger partial charge in [0.15, 0.2) is 0 Å². The van der Waals surface area contributed by atoms with Gasteiger partial charge in [-0.05, 0) is 25.8 Å². The molecule has 0 amide bonds. The van der Waals surface area contributed by atoms with Gasteiger partial charge < -0.3 is 10.2 Å². The SMILES string of the molecule is CNc1nc(N2CCCC2C)c(Cl)cc1Cl. The van der Waals surface area contributed by atoms with Gasteiger partial charge in [0.25, 0.3) is 0 Å². The molecule has 16 heavy (non-hydrogen) atoms. The zero-order valence-electron chi connectivity index (χ0n) is 9.43. The first kappa shape index (κ1) is 11.8. The van der Waals surface area contributed by atoms with Crippen LogP contribution < -0.4 is 10.2 Å². The van der Waals surface area contributed by atoms with Gasteiger partial charge in [-0.1, -0.05) is 23.2 Å². The maximum atomic E-state index is 6.19. The summed E-state index contributed by atoms with van der Waals surface area (Å²) in [6.07, 6.45) is 2.38. The van der Waals surface area contributed by atoms with Crippen molar-refractivity contribution >= 4 is 34.8 Å². The van der Waals surface area contributed by atoms with E-state index in [-0.39, 0.29) is 0 Å². The van der Waals surface area contributed by atoms with Crippen LogP contribution in [0.4, 0.5) is 11.6 Å². The fraction of sp³-hybridized carbons (Fsp3) is 0.545. The second-order valence-electron chi connectivity index (χ2n) is 4.06. The molecule has 1 fully saturated rings. The molecule has 1 unspecified atom stereocenters. The standard InChI is InChI=1S/C11H15Cl2N3/c1-7-4-3-5-16(7)11-9(13)6-8(12)10(14-2)15-11/h6-7H,3-5H2,1-2H3,(H,14,15). The van der Waals surface area contributed by atoms with Gasteiger partial charge in [0.1, 0.15) is 11.6 Å². The molecule has 0 bridgehead atoms. The number of hydrogen-bond acceptors (Lipinski definition) is 3. The third-order valence-corrected chi connectivity index (χ3v) is 3.54. The predicted octanol–water partition coefficient (Wildman–Crippen LogP) is 3.42. The lowest BCUT2D eigenvalue weighted by Crippen LogP contribution is -2.27. The Bertz CT molecular complexity index is 395. The lowest BCUT2D eigenvalue weighted by Gasteiger charge is -2.24.